The number of amides is 2. The molecule has 1 fully saturated rings. The highest BCUT2D eigenvalue weighted by atomic mass is 32.1. The van der Waals surface area contributed by atoms with Crippen LogP contribution in [-0.2, 0) is 9.63 Å². The van der Waals surface area contributed by atoms with Crippen LogP contribution in [0.3, 0.4) is 0 Å². The van der Waals surface area contributed by atoms with Gasteiger partial charge in [0.05, 0.1) is 12.0 Å². The Morgan fingerprint density at radius 2 is 2.11 bits per heavy atom. The number of carbonyl (C=O) groups is 2. The summed E-state index contributed by atoms with van der Waals surface area (Å²) >= 11 is 1.45. The minimum atomic E-state index is -0.0441. The van der Waals surface area contributed by atoms with E-state index in [-0.39, 0.29) is 17.7 Å². The van der Waals surface area contributed by atoms with Gasteiger partial charge in [-0.3, -0.25) is 14.4 Å². The van der Waals surface area contributed by atoms with Gasteiger partial charge < -0.3 is 4.90 Å². The topological polar surface area (TPSA) is 49.9 Å². The van der Waals surface area contributed by atoms with Gasteiger partial charge in [-0.25, -0.2) is 5.06 Å². The van der Waals surface area contributed by atoms with E-state index in [1.807, 2.05) is 22.4 Å². The minimum absolute atomic E-state index is 0.00859. The number of nitrogens with zero attached hydrogens (tertiary/aromatic N) is 2. The van der Waals surface area contributed by atoms with Crippen molar-refractivity contribution >= 4 is 23.2 Å². The normalized spacial score (nSPS) is 16.4. The fourth-order valence-corrected chi connectivity index (χ4v) is 2.92. The molecule has 0 bridgehead atoms. The zero-order valence-corrected chi connectivity index (χ0v) is 12.0. The molecule has 0 atom stereocenters. The minimum Gasteiger partial charge on any atom is -0.338 e. The SMILES string of the molecule is CON(C)C(=O)C1CCN(C(=O)c2cccs2)CC1. The number of rotatable bonds is 3. The molecule has 1 aliphatic rings. The van der Waals surface area contributed by atoms with E-state index in [4.69, 9.17) is 4.84 Å². The van der Waals surface area contributed by atoms with Crippen LogP contribution in [0, 0.1) is 5.92 Å². The van der Waals surface area contributed by atoms with Gasteiger partial charge in [0.15, 0.2) is 0 Å². The third-order valence-electron chi connectivity index (χ3n) is 3.45. The second kappa shape index (κ2) is 6.16. The van der Waals surface area contributed by atoms with E-state index in [2.05, 4.69) is 0 Å². The molecule has 0 radical (unpaired) electrons. The van der Waals surface area contributed by atoms with Gasteiger partial charge in [0.25, 0.3) is 5.91 Å². The van der Waals surface area contributed by atoms with Crippen LogP contribution in [0.2, 0.25) is 0 Å². The van der Waals surface area contributed by atoms with Crippen molar-refractivity contribution in [2.45, 2.75) is 12.8 Å². The third-order valence-corrected chi connectivity index (χ3v) is 4.31. The van der Waals surface area contributed by atoms with E-state index in [1.165, 1.54) is 23.5 Å². The van der Waals surface area contributed by atoms with Gasteiger partial charge in [-0.15, -0.1) is 11.3 Å². The van der Waals surface area contributed by atoms with Crippen molar-refractivity contribution in [1.82, 2.24) is 9.96 Å². The maximum atomic E-state index is 12.1. The summed E-state index contributed by atoms with van der Waals surface area (Å²) in [6, 6.07) is 3.71. The highest BCUT2D eigenvalue weighted by Gasteiger charge is 2.29. The number of hydrogen-bond acceptors (Lipinski definition) is 4. The summed E-state index contributed by atoms with van der Waals surface area (Å²) in [6.45, 7) is 1.26. The highest BCUT2D eigenvalue weighted by Crippen LogP contribution is 2.22. The number of carbonyl (C=O) groups excluding carboxylic acids is 2. The van der Waals surface area contributed by atoms with Gasteiger partial charge in [0, 0.05) is 26.1 Å². The van der Waals surface area contributed by atoms with Crippen LogP contribution < -0.4 is 0 Å². The number of hydroxylamine groups is 2. The Balaban J connectivity index is 1.89. The first-order chi connectivity index (χ1) is 9.13. The van der Waals surface area contributed by atoms with E-state index in [0.717, 1.165) is 4.88 Å². The van der Waals surface area contributed by atoms with Crippen molar-refractivity contribution in [3.8, 4) is 0 Å². The first-order valence-electron chi connectivity index (χ1n) is 6.28. The Hall–Kier alpha value is -1.40. The molecule has 6 heteroatoms. The van der Waals surface area contributed by atoms with Gasteiger partial charge >= 0.3 is 0 Å². The Bertz CT molecular complexity index is 439. The second-order valence-electron chi connectivity index (χ2n) is 4.56. The molecular weight excluding hydrogens is 264 g/mol. The summed E-state index contributed by atoms with van der Waals surface area (Å²) in [7, 11) is 3.10. The summed E-state index contributed by atoms with van der Waals surface area (Å²) in [5, 5.41) is 3.17. The van der Waals surface area contributed by atoms with E-state index in [9.17, 15) is 9.59 Å². The molecule has 0 spiro atoms. The molecule has 2 heterocycles. The lowest BCUT2D eigenvalue weighted by atomic mass is 9.96. The van der Waals surface area contributed by atoms with Crippen molar-refractivity contribution < 1.29 is 14.4 Å². The molecule has 2 amide bonds. The lowest BCUT2D eigenvalue weighted by molar-refractivity contribution is -0.174. The molecular formula is C13H18N2O3S. The summed E-state index contributed by atoms with van der Waals surface area (Å²) in [5.74, 6) is 0.0176. The summed E-state index contributed by atoms with van der Waals surface area (Å²) in [5.41, 5.74) is 0. The molecule has 104 valence electrons. The van der Waals surface area contributed by atoms with Crippen LogP contribution in [0.25, 0.3) is 0 Å². The molecule has 1 aliphatic heterocycles. The van der Waals surface area contributed by atoms with Gasteiger partial charge in [0.1, 0.15) is 0 Å². The zero-order valence-electron chi connectivity index (χ0n) is 11.2. The summed E-state index contributed by atoms with van der Waals surface area (Å²) in [6.07, 6.45) is 1.40. The van der Waals surface area contributed by atoms with E-state index in [0.29, 0.717) is 25.9 Å². The lowest BCUT2D eigenvalue weighted by Gasteiger charge is -2.32. The molecule has 2 rings (SSSR count). The fourth-order valence-electron chi connectivity index (χ4n) is 2.23. The van der Waals surface area contributed by atoms with E-state index < -0.39 is 0 Å². The van der Waals surface area contributed by atoms with Crippen LogP contribution in [0.5, 0.6) is 0 Å². The van der Waals surface area contributed by atoms with Crippen LogP contribution in [-0.4, -0.2) is 49.0 Å². The van der Waals surface area contributed by atoms with E-state index >= 15 is 0 Å². The van der Waals surface area contributed by atoms with Gasteiger partial charge in [-0.05, 0) is 24.3 Å². The molecule has 0 aromatic carbocycles. The van der Waals surface area contributed by atoms with Crippen LogP contribution in [0.1, 0.15) is 22.5 Å². The molecule has 0 N–H and O–H groups in total. The fraction of sp³-hybridized carbons (Fsp3) is 0.538. The van der Waals surface area contributed by atoms with Crippen molar-refractivity contribution in [2.75, 3.05) is 27.2 Å². The molecule has 19 heavy (non-hydrogen) atoms. The maximum Gasteiger partial charge on any atom is 0.263 e. The highest BCUT2D eigenvalue weighted by molar-refractivity contribution is 7.12. The molecule has 1 aromatic heterocycles. The lowest BCUT2D eigenvalue weighted by Crippen LogP contribution is -2.43. The average Bonchev–Trinajstić information content (AvgIpc) is 2.99. The van der Waals surface area contributed by atoms with Crippen molar-refractivity contribution in [1.29, 1.82) is 0 Å². The predicted octanol–water partition coefficient (Wildman–Crippen LogP) is 1.62. The Morgan fingerprint density at radius 1 is 1.42 bits per heavy atom. The third kappa shape index (κ3) is 3.13. The first kappa shape index (κ1) is 14.0. The quantitative estimate of drug-likeness (QED) is 0.792. The monoisotopic (exact) mass is 282 g/mol. The maximum absolute atomic E-state index is 12.1. The molecule has 1 aromatic rings. The molecule has 0 aliphatic carbocycles. The van der Waals surface area contributed by atoms with E-state index in [1.54, 1.807) is 7.05 Å². The number of piperidine rings is 1. The smallest absolute Gasteiger partial charge is 0.263 e. The number of thiophene rings is 1. The average molecular weight is 282 g/mol. The largest absolute Gasteiger partial charge is 0.338 e. The van der Waals surface area contributed by atoms with Crippen LogP contribution >= 0.6 is 11.3 Å². The van der Waals surface area contributed by atoms with Crippen LogP contribution in [0.4, 0.5) is 0 Å². The van der Waals surface area contributed by atoms with Crippen molar-refractivity contribution in [3.05, 3.63) is 22.4 Å². The van der Waals surface area contributed by atoms with Gasteiger partial charge in [0.2, 0.25) is 5.91 Å². The standard InChI is InChI=1S/C13H18N2O3S/c1-14(18-2)12(16)10-5-7-15(8-6-10)13(17)11-4-3-9-19-11/h3-4,9-10H,5-8H2,1-2H3. The number of likely N-dealkylation sites (tertiary alicyclic amines) is 1. The van der Waals surface area contributed by atoms with Crippen molar-refractivity contribution in [2.24, 2.45) is 5.92 Å². The number of hydrogen-bond donors (Lipinski definition) is 0. The first-order valence-corrected chi connectivity index (χ1v) is 7.16. The Morgan fingerprint density at radius 3 is 2.63 bits per heavy atom. The second-order valence-corrected chi connectivity index (χ2v) is 5.51. The predicted molar refractivity (Wildman–Crippen MR) is 72.7 cm³/mol. The molecule has 5 nitrogen and oxygen atoms in total. The molecule has 0 unspecified atom stereocenters. The Kier molecular flexibility index (Phi) is 4.55. The van der Waals surface area contributed by atoms with Crippen molar-refractivity contribution in [3.63, 3.8) is 0 Å². The Labute approximate surface area is 116 Å². The van der Waals surface area contributed by atoms with Gasteiger partial charge in [-0.1, -0.05) is 6.07 Å². The van der Waals surface area contributed by atoms with Gasteiger partial charge in [-0.2, -0.15) is 0 Å². The van der Waals surface area contributed by atoms with Crippen LogP contribution in [0.15, 0.2) is 17.5 Å². The summed E-state index contributed by atoms with van der Waals surface area (Å²) in [4.78, 5) is 31.6. The summed E-state index contributed by atoms with van der Waals surface area (Å²) < 4.78 is 0. The molecule has 1 saturated heterocycles. The zero-order chi connectivity index (χ0) is 13.8. The molecule has 0 saturated carbocycles.